The van der Waals surface area contributed by atoms with Gasteiger partial charge in [0.2, 0.25) is 0 Å². The molecule has 1 saturated carbocycles. The number of esters is 1. The zero-order valence-electron chi connectivity index (χ0n) is 10.4. The number of nitrogens with zero attached hydrogens (tertiary/aromatic N) is 2. The summed E-state index contributed by atoms with van der Waals surface area (Å²) in [7, 11) is 3.45. The fourth-order valence-electron chi connectivity index (χ4n) is 1.63. The van der Waals surface area contributed by atoms with Crippen molar-refractivity contribution in [1.82, 2.24) is 9.88 Å². The summed E-state index contributed by atoms with van der Waals surface area (Å²) >= 11 is 7.09. The first-order chi connectivity index (χ1) is 8.61. The summed E-state index contributed by atoms with van der Waals surface area (Å²) in [5.74, 6) is -0.444. The van der Waals surface area contributed by atoms with Gasteiger partial charge in [-0.3, -0.25) is 0 Å². The summed E-state index contributed by atoms with van der Waals surface area (Å²) in [4.78, 5) is 18.1. The van der Waals surface area contributed by atoms with Crippen LogP contribution in [0, 0.1) is 0 Å². The third-order valence-corrected chi connectivity index (χ3v) is 4.25. The van der Waals surface area contributed by atoms with Gasteiger partial charge < -0.3 is 15.0 Å². The molecule has 0 radical (unpaired) electrons. The minimum Gasteiger partial charge on any atom is -0.465 e. The lowest BCUT2D eigenvalue weighted by Crippen LogP contribution is -2.26. The van der Waals surface area contributed by atoms with E-state index in [2.05, 4.69) is 27.0 Å². The topological polar surface area (TPSA) is 54.5 Å². The normalized spacial score (nSPS) is 14.9. The van der Waals surface area contributed by atoms with Crippen molar-refractivity contribution in [3.63, 3.8) is 0 Å². The molecule has 0 atom stereocenters. The van der Waals surface area contributed by atoms with Gasteiger partial charge in [0, 0.05) is 19.1 Å². The Morgan fingerprint density at radius 1 is 1.67 bits per heavy atom. The number of carbonyl (C=O) groups excluding carboxylic acids is 1. The van der Waals surface area contributed by atoms with Crippen molar-refractivity contribution in [2.45, 2.75) is 18.9 Å². The predicted molar refractivity (Wildman–Crippen MR) is 72.6 cm³/mol. The molecule has 2 rings (SSSR count). The fraction of sp³-hybridized carbons (Fsp3) is 0.636. The van der Waals surface area contributed by atoms with Gasteiger partial charge in [0.15, 0.2) is 15.2 Å². The Morgan fingerprint density at radius 3 is 3.00 bits per heavy atom. The second-order valence-electron chi connectivity index (χ2n) is 4.27. The molecule has 0 aliphatic heterocycles. The SMILES string of the molecule is COC(=O)c1sc(NCCN(C)C2CC2)nc1Cl. The number of thiazole rings is 1. The molecule has 0 bridgehead atoms. The van der Waals surface area contributed by atoms with Gasteiger partial charge >= 0.3 is 5.97 Å². The maximum Gasteiger partial charge on any atom is 0.351 e. The van der Waals surface area contributed by atoms with E-state index < -0.39 is 5.97 Å². The Balaban J connectivity index is 1.83. The van der Waals surface area contributed by atoms with Crippen LogP contribution in [0.5, 0.6) is 0 Å². The molecule has 1 aliphatic carbocycles. The highest BCUT2D eigenvalue weighted by atomic mass is 35.5. The average Bonchev–Trinajstić information content (AvgIpc) is 3.13. The summed E-state index contributed by atoms with van der Waals surface area (Å²) < 4.78 is 4.62. The zero-order chi connectivity index (χ0) is 13.1. The molecule has 18 heavy (non-hydrogen) atoms. The molecular formula is C11H16ClN3O2S. The van der Waals surface area contributed by atoms with E-state index in [1.807, 2.05) is 0 Å². The monoisotopic (exact) mass is 289 g/mol. The van der Waals surface area contributed by atoms with E-state index in [-0.39, 0.29) is 5.15 Å². The van der Waals surface area contributed by atoms with E-state index >= 15 is 0 Å². The Hall–Kier alpha value is -0.850. The number of likely N-dealkylation sites (N-methyl/N-ethyl adjacent to an activating group) is 1. The number of methoxy groups -OCH3 is 1. The maximum absolute atomic E-state index is 11.4. The number of halogens is 1. The minimum atomic E-state index is -0.444. The second-order valence-corrected chi connectivity index (χ2v) is 5.63. The molecule has 1 aromatic heterocycles. The van der Waals surface area contributed by atoms with Gasteiger partial charge in [-0.25, -0.2) is 9.78 Å². The average molecular weight is 290 g/mol. The molecule has 1 aromatic rings. The van der Waals surface area contributed by atoms with Crippen molar-refractivity contribution in [3.8, 4) is 0 Å². The molecule has 0 saturated heterocycles. The van der Waals surface area contributed by atoms with E-state index in [1.165, 1.54) is 31.3 Å². The van der Waals surface area contributed by atoms with Crippen LogP contribution in [-0.2, 0) is 4.74 Å². The summed E-state index contributed by atoms with van der Waals surface area (Å²) in [6, 6.07) is 0.748. The van der Waals surface area contributed by atoms with Gasteiger partial charge in [0.05, 0.1) is 7.11 Å². The van der Waals surface area contributed by atoms with Crippen LogP contribution in [0.4, 0.5) is 5.13 Å². The summed E-state index contributed by atoms with van der Waals surface area (Å²) in [5, 5.41) is 4.03. The first kappa shape index (κ1) is 13.6. The highest BCUT2D eigenvalue weighted by Gasteiger charge is 2.25. The molecule has 0 spiro atoms. The third kappa shape index (κ3) is 3.34. The molecule has 1 fully saturated rings. The first-order valence-electron chi connectivity index (χ1n) is 5.80. The second kappa shape index (κ2) is 5.86. The Kier molecular flexibility index (Phi) is 4.42. The van der Waals surface area contributed by atoms with Crippen molar-refractivity contribution >= 4 is 34.0 Å². The number of ether oxygens (including phenoxy) is 1. The van der Waals surface area contributed by atoms with Crippen LogP contribution in [0.1, 0.15) is 22.5 Å². The predicted octanol–water partition coefficient (Wildman–Crippen LogP) is 2.09. The van der Waals surface area contributed by atoms with Crippen LogP contribution in [0.15, 0.2) is 0 Å². The number of carbonyl (C=O) groups is 1. The van der Waals surface area contributed by atoms with Crippen molar-refractivity contribution in [1.29, 1.82) is 0 Å². The van der Waals surface area contributed by atoms with Gasteiger partial charge in [-0.15, -0.1) is 0 Å². The van der Waals surface area contributed by atoms with Crippen molar-refractivity contribution in [2.24, 2.45) is 0 Å². The van der Waals surface area contributed by atoms with E-state index in [1.54, 1.807) is 0 Å². The lowest BCUT2D eigenvalue weighted by molar-refractivity contribution is 0.0606. The van der Waals surface area contributed by atoms with E-state index in [9.17, 15) is 4.79 Å². The molecule has 7 heteroatoms. The van der Waals surface area contributed by atoms with Crippen LogP contribution in [0.3, 0.4) is 0 Å². The Bertz CT molecular complexity index is 434. The number of rotatable bonds is 6. The van der Waals surface area contributed by atoms with Crippen LogP contribution in [0.2, 0.25) is 5.15 Å². The summed E-state index contributed by atoms with van der Waals surface area (Å²) in [6.45, 7) is 1.74. The summed E-state index contributed by atoms with van der Waals surface area (Å²) in [5.41, 5.74) is 0. The van der Waals surface area contributed by atoms with Gasteiger partial charge in [-0.2, -0.15) is 0 Å². The van der Waals surface area contributed by atoms with E-state index in [0.29, 0.717) is 10.0 Å². The summed E-state index contributed by atoms with van der Waals surface area (Å²) in [6.07, 6.45) is 2.60. The fourth-order valence-corrected chi connectivity index (χ4v) is 2.76. The standard InChI is InChI=1S/C11H16ClN3O2S/c1-15(7-3-4-7)6-5-13-11-14-9(12)8(18-11)10(16)17-2/h7H,3-6H2,1-2H3,(H,13,14). The van der Waals surface area contributed by atoms with Gasteiger partial charge in [0.25, 0.3) is 0 Å². The highest BCUT2D eigenvalue weighted by Crippen LogP contribution is 2.28. The zero-order valence-corrected chi connectivity index (χ0v) is 12.0. The Morgan fingerprint density at radius 2 is 2.39 bits per heavy atom. The molecule has 5 nitrogen and oxygen atoms in total. The van der Waals surface area contributed by atoms with Crippen LogP contribution >= 0.6 is 22.9 Å². The smallest absolute Gasteiger partial charge is 0.351 e. The number of hydrogen-bond acceptors (Lipinski definition) is 6. The third-order valence-electron chi connectivity index (χ3n) is 2.87. The van der Waals surface area contributed by atoms with Crippen molar-refractivity contribution < 1.29 is 9.53 Å². The van der Waals surface area contributed by atoms with Crippen molar-refractivity contribution in [2.75, 3.05) is 32.6 Å². The van der Waals surface area contributed by atoms with Crippen LogP contribution in [0.25, 0.3) is 0 Å². The van der Waals surface area contributed by atoms with E-state index in [0.717, 1.165) is 19.1 Å². The number of hydrogen-bond donors (Lipinski definition) is 1. The molecule has 0 amide bonds. The molecule has 1 N–H and O–H groups in total. The highest BCUT2D eigenvalue weighted by molar-refractivity contribution is 7.18. The molecule has 1 aliphatic rings. The van der Waals surface area contributed by atoms with Gasteiger partial charge in [-0.05, 0) is 19.9 Å². The molecular weight excluding hydrogens is 274 g/mol. The maximum atomic E-state index is 11.4. The van der Waals surface area contributed by atoms with Crippen LogP contribution in [-0.4, -0.2) is 49.1 Å². The van der Waals surface area contributed by atoms with Gasteiger partial charge in [0.1, 0.15) is 0 Å². The van der Waals surface area contributed by atoms with Gasteiger partial charge in [-0.1, -0.05) is 22.9 Å². The first-order valence-corrected chi connectivity index (χ1v) is 7.00. The number of anilines is 1. The quantitative estimate of drug-likeness (QED) is 0.813. The minimum absolute atomic E-state index is 0.199. The van der Waals surface area contributed by atoms with Crippen molar-refractivity contribution in [3.05, 3.63) is 10.0 Å². The molecule has 0 unspecified atom stereocenters. The molecule has 1 heterocycles. The molecule has 100 valence electrons. The lowest BCUT2D eigenvalue weighted by atomic mass is 10.5. The lowest BCUT2D eigenvalue weighted by Gasteiger charge is -2.15. The number of aromatic nitrogens is 1. The number of nitrogens with one attached hydrogen (secondary N) is 1. The molecule has 0 aromatic carbocycles. The largest absolute Gasteiger partial charge is 0.465 e. The Labute approximate surface area is 115 Å². The van der Waals surface area contributed by atoms with E-state index in [4.69, 9.17) is 11.6 Å². The van der Waals surface area contributed by atoms with Crippen LogP contribution < -0.4 is 5.32 Å².